The predicted octanol–water partition coefficient (Wildman–Crippen LogP) is 0.511. The van der Waals surface area contributed by atoms with E-state index in [1.54, 1.807) is 13.8 Å². The number of hydrogen-bond donors (Lipinski definition) is 3. The maximum absolute atomic E-state index is 12.0. The molecule has 1 atom stereocenters. The summed E-state index contributed by atoms with van der Waals surface area (Å²) in [5.74, 6) is -1.91. The first-order valence-electron chi connectivity index (χ1n) is 6.79. The van der Waals surface area contributed by atoms with Gasteiger partial charge in [0.2, 0.25) is 5.91 Å². The van der Waals surface area contributed by atoms with Gasteiger partial charge in [0.05, 0.1) is 5.92 Å². The van der Waals surface area contributed by atoms with Gasteiger partial charge in [-0.15, -0.1) is 0 Å². The Morgan fingerprint density at radius 2 is 1.85 bits per heavy atom. The minimum Gasteiger partial charge on any atom is -0.481 e. The van der Waals surface area contributed by atoms with Gasteiger partial charge in [-0.2, -0.15) is 0 Å². The predicted molar refractivity (Wildman–Crippen MR) is 75.3 cm³/mol. The van der Waals surface area contributed by atoms with E-state index in [0.717, 1.165) is 6.42 Å². The monoisotopic (exact) mass is 287 g/mol. The minimum atomic E-state index is -0.936. The lowest BCUT2D eigenvalue weighted by molar-refractivity contribution is -0.143. The number of carbonyl (C=O) groups is 3. The molecule has 0 fully saturated rings. The van der Waals surface area contributed by atoms with Crippen LogP contribution in [0.4, 0.5) is 4.79 Å². The fraction of sp³-hybridized carbons (Fsp3) is 0.769. The van der Waals surface area contributed by atoms with Gasteiger partial charge >= 0.3 is 12.0 Å². The van der Waals surface area contributed by atoms with Crippen LogP contribution in [0.2, 0.25) is 0 Å². The normalized spacial score (nSPS) is 11.8. The number of hydrogen-bond acceptors (Lipinski definition) is 3. The largest absolute Gasteiger partial charge is 0.481 e. The molecule has 0 aliphatic heterocycles. The van der Waals surface area contributed by atoms with Crippen LogP contribution in [0.15, 0.2) is 0 Å². The van der Waals surface area contributed by atoms with Crippen molar-refractivity contribution in [1.82, 2.24) is 15.5 Å². The van der Waals surface area contributed by atoms with Gasteiger partial charge in [-0.25, -0.2) is 4.79 Å². The molecule has 0 saturated heterocycles. The summed E-state index contributed by atoms with van der Waals surface area (Å²) >= 11 is 0. The van der Waals surface area contributed by atoms with Crippen LogP contribution in [0.3, 0.4) is 0 Å². The fourth-order valence-corrected chi connectivity index (χ4v) is 1.69. The molecule has 0 spiro atoms. The summed E-state index contributed by atoms with van der Waals surface area (Å²) in [6, 6.07) is -0.414. The summed E-state index contributed by atoms with van der Waals surface area (Å²) in [6.07, 6.45) is 0.719. The number of nitrogens with one attached hydrogen (secondary N) is 2. The van der Waals surface area contributed by atoms with E-state index >= 15 is 0 Å². The van der Waals surface area contributed by atoms with Crippen LogP contribution in [0.25, 0.3) is 0 Å². The number of carboxylic acid groups (broad SMARTS) is 1. The second-order valence-corrected chi connectivity index (χ2v) is 4.97. The Balaban J connectivity index is 4.52. The van der Waals surface area contributed by atoms with E-state index in [4.69, 9.17) is 5.11 Å². The third kappa shape index (κ3) is 6.40. The molecule has 0 bridgehead atoms. The van der Waals surface area contributed by atoms with Crippen molar-refractivity contribution in [3.05, 3.63) is 0 Å². The quantitative estimate of drug-likeness (QED) is 0.605. The molecule has 0 radical (unpaired) electrons. The highest BCUT2D eigenvalue weighted by Gasteiger charge is 2.23. The third-order valence-electron chi connectivity index (χ3n) is 2.99. The standard InChI is InChI=1S/C13H25N3O4/c1-5-6-16(8-11(17)14-4)13(20)15-7-10(9(2)3)12(18)19/h9-10H,5-8H2,1-4H3,(H,14,17)(H,15,20)(H,18,19). The van der Waals surface area contributed by atoms with E-state index in [9.17, 15) is 14.4 Å². The van der Waals surface area contributed by atoms with E-state index in [1.807, 2.05) is 6.92 Å². The molecule has 7 heteroatoms. The van der Waals surface area contributed by atoms with Crippen molar-refractivity contribution in [2.45, 2.75) is 27.2 Å². The Morgan fingerprint density at radius 1 is 1.25 bits per heavy atom. The zero-order valence-corrected chi connectivity index (χ0v) is 12.6. The lowest BCUT2D eigenvalue weighted by atomic mass is 9.96. The number of rotatable bonds is 8. The molecule has 0 aliphatic carbocycles. The van der Waals surface area contributed by atoms with Gasteiger partial charge in [0.25, 0.3) is 0 Å². The number of likely N-dealkylation sites (N-methyl/N-ethyl adjacent to an activating group) is 1. The van der Waals surface area contributed by atoms with Crippen LogP contribution in [0.1, 0.15) is 27.2 Å². The fourth-order valence-electron chi connectivity index (χ4n) is 1.69. The molecular weight excluding hydrogens is 262 g/mol. The first-order chi connectivity index (χ1) is 9.33. The summed E-state index contributed by atoms with van der Waals surface area (Å²) in [5, 5.41) is 14.1. The second kappa shape index (κ2) is 9.17. The molecule has 3 N–H and O–H groups in total. The molecular formula is C13H25N3O4. The highest BCUT2D eigenvalue weighted by Crippen LogP contribution is 2.09. The average molecular weight is 287 g/mol. The van der Waals surface area contributed by atoms with Crippen LogP contribution >= 0.6 is 0 Å². The Labute approximate surface area is 119 Å². The molecule has 0 aromatic rings. The third-order valence-corrected chi connectivity index (χ3v) is 2.99. The Kier molecular flexibility index (Phi) is 8.35. The number of amides is 3. The SMILES string of the molecule is CCCN(CC(=O)NC)C(=O)NCC(C(=O)O)C(C)C. The van der Waals surface area contributed by atoms with E-state index in [-0.39, 0.29) is 24.9 Å². The van der Waals surface area contributed by atoms with Gasteiger partial charge in [0, 0.05) is 20.1 Å². The molecule has 0 heterocycles. The summed E-state index contributed by atoms with van der Waals surface area (Å²) < 4.78 is 0. The number of carbonyl (C=O) groups excluding carboxylic acids is 2. The van der Waals surface area contributed by atoms with Crippen molar-refractivity contribution in [1.29, 1.82) is 0 Å². The Hall–Kier alpha value is -1.79. The highest BCUT2D eigenvalue weighted by molar-refractivity contribution is 5.84. The molecule has 0 aromatic carbocycles. The highest BCUT2D eigenvalue weighted by atomic mass is 16.4. The maximum atomic E-state index is 12.0. The van der Waals surface area contributed by atoms with Crippen LogP contribution in [0, 0.1) is 11.8 Å². The van der Waals surface area contributed by atoms with E-state index in [2.05, 4.69) is 10.6 Å². The molecule has 20 heavy (non-hydrogen) atoms. The molecule has 0 aliphatic rings. The first kappa shape index (κ1) is 18.2. The molecule has 7 nitrogen and oxygen atoms in total. The van der Waals surface area contributed by atoms with Crippen LogP contribution < -0.4 is 10.6 Å². The lowest BCUT2D eigenvalue weighted by Crippen LogP contribution is -2.47. The zero-order chi connectivity index (χ0) is 15.7. The minimum absolute atomic E-state index is 0.0322. The number of urea groups is 1. The van der Waals surface area contributed by atoms with Crippen molar-refractivity contribution >= 4 is 17.9 Å². The van der Waals surface area contributed by atoms with E-state index < -0.39 is 17.9 Å². The number of carboxylic acids is 1. The molecule has 0 saturated carbocycles. The maximum Gasteiger partial charge on any atom is 0.317 e. The smallest absolute Gasteiger partial charge is 0.317 e. The van der Waals surface area contributed by atoms with Gasteiger partial charge in [-0.3, -0.25) is 9.59 Å². The average Bonchev–Trinajstić information content (AvgIpc) is 2.37. The van der Waals surface area contributed by atoms with Crippen molar-refractivity contribution in [3.63, 3.8) is 0 Å². The summed E-state index contributed by atoms with van der Waals surface area (Å²) in [7, 11) is 1.50. The van der Waals surface area contributed by atoms with Crippen molar-refractivity contribution in [3.8, 4) is 0 Å². The molecule has 1 unspecified atom stereocenters. The molecule has 0 rings (SSSR count). The van der Waals surface area contributed by atoms with Crippen LogP contribution in [-0.2, 0) is 9.59 Å². The van der Waals surface area contributed by atoms with Crippen molar-refractivity contribution in [2.75, 3.05) is 26.7 Å². The van der Waals surface area contributed by atoms with Crippen molar-refractivity contribution in [2.24, 2.45) is 11.8 Å². The van der Waals surface area contributed by atoms with Gasteiger partial charge in [0.15, 0.2) is 0 Å². The van der Waals surface area contributed by atoms with Gasteiger partial charge in [0.1, 0.15) is 6.54 Å². The Bertz CT molecular complexity index is 345. The van der Waals surface area contributed by atoms with Crippen LogP contribution in [-0.4, -0.2) is 54.6 Å². The second-order valence-electron chi connectivity index (χ2n) is 4.97. The summed E-state index contributed by atoms with van der Waals surface area (Å²) in [4.78, 5) is 35.7. The summed E-state index contributed by atoms with van der Waals surface area (Å²) in [6.45, 7) is 5.95. The summed E-state index contributed by atoms with van der Waals surface area (Å²) in [5.41, 5.74) is 0. The molecule has 3 amide bonds. The first-order valence-corrected chi connectivity index (χ1v) is 6.79. The lowest BCUT2D eigenvalue weighted by Gasteiger charge is -2.23. The molecule has 116 valence electrons. The van der Waals surface area contributed by atoms with Gasteiger partial charge < -0.3 is 20.6 Å². The number of nitrogens with zero attached hydrogens (tertiary/aromatic N) is 1. The van der Waals surface area contributed by atoms with Crippen LogP contribution in [0.5, 0.6) is 0 Å². The molecule has 0 aromatic heterocycles. The van der Waals surface area contributed by atoms with Gasteiger partial charge in [-0.05, 0) is 12.3 Å². The Morgan fingerprint density at radius 3 is 2.25 bits per heavy atom. The topological polar surface area (TPSA) is 98.7 Å². The van der Waals surface area contributed by atoms with Gasteiger partial charge in [-0.1, -0.05) is 20.8 Å². The van der Waals surface area contributed by atoms with E-state index in [0.29, 0.717) is 6.54 Å². The van der Waals surface area contributed by atoms with E-state index in [1.165, 1.54) is 11.9 Å². The zero-order valence-electron chi connectivity index (χ0n) is 12.6. The number of aliphatic carboxylic acids is 1. The van der Waals surface area contributed by atoms with Crippen molar-refractivity contribution < 1.29 is 19.5 Å².